The van der Waals surface area contributed by atoms with Gasteiger partial charge in [-0.2, -0.15) is 13.2 Å². The summed E-state index contributed by atoms with van der Waals surface area (Å²) in [4.78, 5) is 12.4. The molecule has 24 heavy (non-hydrogen) atoms. The highest BCUT2D eigenvalue weighted by atomic mass is 19.4. The van der Waals surface area contributed by atoms with E-state index in [2.05, 4.69) is 5.32 Å². The molecule has 0 unspecified atom stereocenters. The monoisotopic (exact) mass is 335 g/mol. The summed E-state index contributed by atoms with van der Waals surface area (Å²) in [6, 6.07) is 8.50. The number of carbonyl (C=O) groups is 1. The predicted molar refractivity (Wildman–Crippen MR) is 82.0 cm³/mol. The lowest BCUT2D eigenvalue weighted by molar-refractivity contribution is -0.137. The number of phenols is 1. The summed E-state index contributed by atoms with van der Waals surface area (Å²) >= 11 is 0. The van der Waals surface area contributed by atoms with E-state index in [0.717, 1.165) is 12.1 Å². The van der Waals surface area contributed by atoms with Gasteiger partial charge in [0.15, 0.2) is 0 Å². The second-order valence-corrected chi connectivity index (χ2v) is 5.24. The van der Waals surface area contributed by atoms with Crippen molar-refractivity contribution in [1.82, 2.24) is 0 Å². The zero-order chi connectivity index (χ0) is 17.5. The second-order valence-electron chi connectivity index (χ2n) is 5.24. The minimum Gasteiger partial charge on any atom is -0.508 e. The van der Waals surface area contributed by atoms with Crippen molar-refractivity contribution in [2.24, 2.45) is 0 Å². The first-order chi connectivity index (χ1) is 11.3. The number of phenolic OH excluding ortho intramolecular Hbond substituents is 1. The third-order valence-corrected chi connectivity index (χ3v) is 3.54. The van der Waals surface area contributed by atoms with Crippen LogP contribution in [0.1, 0.15) is 21.7 Å². The standard InChI is InChI=1S/C17H12F3NO3/c1-9-15(13-8-12(22)6-7-14(13)24-9)16(23)21-11-4-2-10(3-5-11)17(18,19)20/h2-8,22H,1H3,(H,21,23). The fraction of sp³-hybridized carbons (Fsp3) is 0.118. The molecule has 0 fully saturated rings. The van der Waals surface area contributed by atoms with Crippen molar-refractivity contribution >= 4 is 22.6 Å². The summed E-state index contributed by atoms with van der Waals surface area (Å²) in [6.07, 6.45) is -4.43. The summed E-state index contributed by atoms with van der Waals surface area (Å²) in [6.45, 7) is 1.60. The molecule has 2 aromatic carbocycles. The van der Waals surface area contributed by atoms with Gasteiger partial charge in [0.1, 0.15) is 17.1 Å². The molecule has 0 saturated heterocycles. The molecule has 3 aromatic rings. The van der Waals surface area contributed by atoms with Gasteiger partial charge in [0, 0.05) is 11.1 Å². The Kier molecular flexibility index (Phi) is 3.71. The molecule has 0 aliphatic heterocycles. The van der Waals surface area contributed by atoms with E-state index in [1.165, 1.54) is 30.3 Å². The number of nitrogens with one attached hydrogen (secondary N) is 1. The smallest absolute Gasteiger partial charge is 0.416 e. The van der Waals surface area contributed by atoms with E-state index in [1.54, 1.807) is 6.92 Å². The van der Waals surface area contributed by atoms with Crippen LogP contribution in [-0.2, 0) is 6.18 Å². The minimum absolute atomic E-state index is 0.0214. The summed E-state index contributed by atoms with van der Waals surface area (Å²) < 4.78 is 43.1. The van der Waals surface area contributed by atoms with Gasteiger partial charge >= 0.3 is 6.18 Å². The number of hydrogen-bond donors (Lipinski definition) is 2. The van der Waals surface area contributed by atoms with Gasteiger partial charge in [0.2, 0.25) is 0 Å². The van der Waals surface area contributed by atoms with Gasteiger partial charge in [-0.25, -0.2) is 0 Å². The van der Waals surface area contributed by atoms with Crippen LogP contribution in [0.25, 0.3) is 11.0 Å². The van der Waals surface area contributed by atoms with Crippen LogP contribution in [0.5, 0.6) is 5.75 Å². The van der Waals surface area contributed by atoms with Crippen LogP contribution in [0.15, 0.2) is 46.9 Å². The summed E-state index contributed by atoms with van der Waals surface area (Å²) in [5.41, 5.74) is 0.0842. The normalized spacial score (nSPS) is 11.7. The van der Waals surface area contributed by atoms with E-state index in [9.17, 15) is 23.1 Å². The van der Waals surface area contributed by atoms with Gasteiger partial charge in [-0.3, -0.25) is 4.79 Å². The van der Waals surface area contributed by atoms with Crippen molar-refractivity contribution in [3.05, 3.63) is 59.4 Å². The summed E-state index contributed by atoms with van der Waals surface area (Å²) in [5.74, 6) is -0.205. The molecule has 3 rings (SSSR count). The van der Waals surface area contributed by atoms with Crippen molar-refractivity contribution in [2.75, 3.05) is 5.32 Å². The number of rotatable bonds is 2. The maximum atomic E-state index is 12.5. The number of anilines is 1. The number of halogens is 3. The Balaban J connectivity index is 1.90. The van der Waals surface area contributed by atoms with Gasteiger partial charge in [-0.05, 0) is 49.4 Å². The molecule has 0 atom stereocenters. The van der Waals surface area contributed by atoms with Crippen LogP contribution in [0.4, 0.5) is 18.9 Å². The van der Waals surface area contributed by atoms with Crippen molar-refractivity contribution < 1.29 is 27.5 Å². The Morgan fingerprint density at radius 3 is 2.42 bits per heavy atom. The molecule has 4 nitrogen and oxygen atoms in total. The Morgan fingerprint density at radius 2 is 1.79 bits per heavy atom. The third-order valence-electron chi connectivity index (χ3n) is 3.54. The van der Waals surface area contributed by atoms with E-state index >= 15 is 0 Å². The molecule has 0 radical (unpaired) electrons. The predicted octanol–water partition coefficient (Wildman–Crippen LogP) is 4.72. The molecule has 124 valence electrons. The molecule has 0 saturated carbocycles. The molecule has 2 N–H and O–H groups in total. The number of aryl methyl sites for hydroxylation is 1. The van der Waals surface area contributed by atoms with Crippen LogP contribution >= 0.6 is 0 Å². The van der Waals surface area contributed by atoms with Crippen molar-refractivity contribution in [3.8, 4) is 5.75 Å². The fourth-order valence-corrected chi connectivity index (χ4v) is 2.43. The third kappa shape index (κ3) is 2.92. The molecular formula is C17H12F3NO3. The summed E-state index contributed by atoms with van der Waals surface area (Å²) in [5, 5.41) is 12.5. The van der Waals surface area contributed by atoms with Crippen LogP contribution < -0.4 is 5.32 Å². The lowest BCUT2D eigenvalue weighted by atomic mass is 10.1. The Hall–Kier alpha value is -2.96. The van der Waals surface area contributed by atoms with Gasteiger partial charge < -0.3 is 14.8 Å². The first-order valence-electron chi connectivity index (χ1n) is 6.96. The van der Waals surface area contributed by atoms with E-state index < -0.39 is 17.6 Å². The molecule has 1 amide bonds. The van der Waals surface area contributed by atoms with Crippen molar-refractivity contribution in [1.29, 1.82) is 0 Å². The van der Waals surface area contributed by atoms with Crippen molar-refractivity contribution in [3.63, 3.8) is 0 Å². The zero-order valence-electron chi connectivity index (χ0n) is 12.4. The van der Waals surface area contributed by atoms with Gasteiger partial charge in [0.05, 0.1) is 11.1 Å². The average Bonchev–Trinajstić information content (AvgIpc) is 2.82. The maximum absolute atomic E-state index is 12.5. The molecule has 0 aliphatic rings. The SMILES string of the molecule is Cc1oc2ccc(O)cc2c1C(=O)Nc1ccc(C(F)(F)F)cc1. The lowest BCUT2D eigenvalue weighted by Gasteiger charge is -2.08. The molecular weight excluding hydrogens is 323 g/mol. The Labute approximate surface area is 134 Å². The largest absolute Gasteiger partial charge is 0.508 e. The van der Waals surface area contributed by atoms with Gasteiger partial charge in [-0.15, -0.1) is 0 Å². The number of amides is 1. The molecule has 0 spiro atoms. The quantitative estimate of drug-likeness (QED) is 0.712. The van der Waals surface area contributed by atoms with Crippen LogP contribution in [0.3, 0.4) is 0 Å². The molecule has 7 heteroatoms. The summed E-state index contributed by atoms with van der Waals surface area (Å²) in [7, 11) is 0. The first-order valence-corrected chi connectivity index (χ1v) is 6.96. The topological polar surface area (TPSA) is 62.5 Å². The Bertz CT molecular complexity index is 911. The fourth-order valence-electron chi connectivity index (χ4n) is 2.43. The number of furan rings is 1. The van der Waals surface area contributed by atoms with E-state index in [-0.39, 0.29) is 17.0 Å². The highest BCUT2D eigenvalue weighted by Gasteiger charge is 2.30. The number of fused-ring (bicyclic) bond motifs is 1. The van der Waals surface area contributed by atoms with Gasteiger partial charge in [-0.1, -0.05) is 0 Å². The van der Waals surface area contributed by atoms with Crippen LogP contribution in [0, 0.1) is 6.92 Å². The number of benzene rings is 2. The highest BCUT2D eigenvalue weighted by molar-refractivity contribution is 6.13. The number of hydrogen-bond acceptors (Lipinski definition) is 3. The van der Waals surface area contributed by atoms with E-state index in [1.807, 2.05) is 0 Å². The maximum Gasteiger partial charge on any atom is 0.416 e. The molecule has 0 aliphatic carbocycles. The number of aromatic hydroxyl groups is 1. The number of alkyl halides is 3. The van der Waals surface area contributed by atoms with Crippen molar-refractivity contribution in [2.45, 2.75) is 13.1 Å². The zero-order valence-corrected chi connectivity index (χ0v) is 12.4. The molecule has 0 bridgehead atoms. The Morgan fingerprint density at radius 1 is 1.12 bits per heavy atom. The second kappa shape index (κ2) is 5.59. The molecule has 1 heterocycles. The number of carbonyl (C=O) groups excluding carboxylic acids is 1. The van der Waals surface area contributed by atoms with Gasteiger partial charge in [0.25, 0.3) is 5.91 Å². The average molecular weight is 335 g/mol. The highest BCUT2D eigenvalue weighted by Crippen LogP contribution is 2.31. The van der Waals surface area contributed by atoms with Crippen LogP contribution in [-0.4, -0.2) is 11.0 Å². The van der Waals surface area contributed by atoms with Crippen LogP contribution in [0.2, 0.25) is 0 Å². The molecule has 1 aromatic heterocycles. The lowest BCUT2D eigenvalue weighted by Crippen LogP contribution is -2.13. The van der Waals surface area contributed by atoms with E-state index in [4.69, 9.17) is 4.42 Å². The minimum atomic E-state index is -4.43. The first kappa shape index (κ1) is 15.9. The van der Waals surface area contributed by atoms with E-state index in [0.29, 0.717) is 16.7 Å².